The van der Waals surface area contributed by atoms with Gasteiger partial charge < -0.3 is 10.2 Å². The first kappa shape index (κ1) is 17.1. The molecule has 1 saturated heterocycles. The van der Waals surface area contributed by atoms with Gasteiger partial charge in [0.25, 0.3) is 0 Å². The molecule has 4 heteroatoms. The van der Waals surface area contributed by atoms with Crippen LogP contribution in [0.2, 0.25) is 0 Å². The number of nitriles is 1. The van der Waals surface area contributed by atoms with Crippen LogP contribution in [0.5, 0.6) is 0 Å². The van der Waals surface area contributed by atoms with Crippen molar-refractivity contribution in [3.05, 3.63) is 42.0 Å². The quantitative estimate of drug-likeness (QED) is 0.846. The van der Waals surface area contributed by atoms with Crippen molar-refractivity contribution in [1.82, 2.24) is 4.90 Å². The summed E-state index contributed by atoms with van der Waals surface area (Å²) in [6.07, 6.45) is 2.57. The molecule has 1 aromatic carbocycles. The third-order valence-electron chi connectivity index (χ3n) is 4.29. The molecule has 2 rings (SSSR count). The Kier molecular flexibility index (Phi) is 5.81. The Bertz CT molecular complexity index is 609. The molecule has 0 saturated carbocycles. The van der Waals surface area contributed by atoms with Gasteiger partial charge in [0.15, 0.2) is 0 Å². The minimum Gasteiger partial charge on any atom is -0.381 e. The first-order valence-corrected chi connectivity index (χ1v) is 8.20. The smallest absolute Gasteiger partial charge is 0.225 e. The third kappa shape index (κ3) is 4.59. The summed E-state index contributed by atoms with van der Waals surface area (Å²) in [5.74, 6) is 0.236. The predicted octanol–water partition coefficient (Wildman–Crippen LogP) is 3.56. The number of hydrogen-bond donors (Lipinski definition) is 1. The molecule has 1 aliphatic heterocycles. The van der Waals surface area contributed by atoms with Gasteiger partial charge in [-0.15, -0.1) is 6.58 Å². The minimum absolute atomic E-state index is 0.0105. The lowest BCUT2D eigenvalue weighted by atomic mass is 9.98. The second-order valence-electron chi connectivity index (χ2n) is 6.46. The lowest BCUT2D eigenvalue weighted by Crippen LogP contribution is -2.44. The van der Waals surface area contributed by atoms with E-state index >= 15 is 0 Å². The molecular weight excluding hydrogens is 286 g/mol. The zero-order valence-electron chi connectivity index (χ0n) is 14.0. The van der Waals surface area contributed by atoms with E-state index in [0.717, 1.165) is 43.6 Å². The van der Waals surface area contributed by atoms with Crippen molar-refractivity contribution in [1.29, 1.82) is 5.26 Å². The summed E-state index contributed by atoms with van der Waals surface area (Å²) in [6, 6.07) is 10.1. The van der Waals surface area contributed by atoms with Crippen LogP contribution in [-0.4, -0.2) is 29.9 Å². The standard InChI is InChI=1S/C19H25N3O/c1-14(2)12-15(3)19(23)22-10-8-17(9-11-22)21-18-7-5-4-6-16(18)13-20/h4-7,15,17,21H,1,8-12H2,2-3H3. The van der Waals surface area contributed by atoms with Gasteiger partial charge in [-0.05, 0) is 38.3 Å². The highest BCUT2D eigenvalue weighted by Crippen LogP contribution is 2.21. The number of nitrogens with zero attached hydrogens (tertiary/aromatic N) is 2. The molecule has 1 heterocycles. The van der Waals surface area contributed by atoms with Gasteiger partial charge in [0.1, 0.15) is 6.07 Å². The maximum Gasteiger partial charge on any atom is 0.225 e. The van der Waals surface area contributed by atoms with Gasteiger partial charge in [0, 0.05) is 25.0 Å². The number of anilines is 1. The van der Waals surface area contributed by atoms with Gasteiger partial charge in [-0.25, -0.2) is 0 Å². The van der Waals surface area contributed by atoms with Gasteiger partial charge in [0.2, 0.25) is 5.91 Å². The van der Waals surface area contributed by atoms with Gasteiger partial charge in [-0.2, -0.15) is 5.26 Å². The van der Waals surface area contributed by atoms with E-state index in [1.54, 1.807) is 0 Å². The second kappa shape index (κ2) is 7.82. The number of likely N-dealkylation sites (tertiary alicyclic amines) is 1. The number of rotatable bonds is 5. The van der Waals surface area contributed by atoms with Gasteiger partial charge >= 0.3 is 0 Å². The predicted molar refractivity (Wildman–Crippen MR) is 93.0 cm³/mol. The van der Waals surface area contributed by atoms with Crippen molar-refractivity contribution in [2.24, 2.45) is 5.92 Å². The van der Waals surface area contributed by atoms with Crippen molar-refractivity contribution in [2.75, 3.05) is 18.4 Å². The molecule has 1 fully saturated rings. The number of piperidine rings is 1. The molecular formula is C19H25N3O. The second-order valence-corrected chi connectivity index (χ2v) is 6.46. The van der Waals surface area contributed by atoms with Crippen molar-refractivity contribution in [2.45, 2.75) is 39.2 Å². The summed E-state index contributed by atoms with van der Waals surface area (Å²) in [5, 5.41) is 12.6. The Hall–Kier alpha value is -2.28. The number of amides is 1. The Balaban J connectivity index is 1.88. The van der Waals surface area contributed by atoms with Gasteiger partial charge in [-0.3, -0.25) is 4.79 Å². The summed E-state index contributed by atoms with van der Waals surface area (Å²) >= 11 is 0. The van der Waals surface area contributed by atoms with Crippen LogP contribution in [0.1, 0.15) is 38.7 Å². The van der Waals surface area contributed by atoms with Crippen molar-refractivity contribution >= 4 is 11.6 Å². The van der Waals surface area contributed by atoms with E-state index in [4.69, 9.17) is 5.26 Å². The molecule has 122 valence electrons. The average Bonchev–Trinajstić information content (AvgIpc) is 2.55. The molecule has 0 aliphatic carbocycles. The minimum atomic E-state index is 0.0105. The zero-order chi connectivity index (χ0) is 16.8. The SMILES string of the molecule is C=C(C)CC(C)C(=O)N1CCC(Nc2ccccc2C#N)CC1. The van der Waals surface area contributed by atoms with Crippen LogP contribution >= 0.6 is 0 Å². The first-order chi connectivity index (χ1) is 11.0. The normalized spacial score (nSPS) is 16.5. The maximum absolute atomic E-state index is 12.4. The molecule has 1 aromatic rings. The summed E-state index contributed by atoms with van der Waals surface area (Å²) in [6.45, 7) is 9.37. The number of carbonyl (C=O) groups excluding carboxylic acids is 1. The fourth-order valence-electron chi connectivity index (χ4n) is 3.09. The van der Waals surface area contributed by atoms with E-state index in [1.807, 2.05) is 43.0 Å². The average molecular weight is 311 g/mol. The van der Waals surface area contributed by atoms with E-state index in [2.05, 4.69) is 18.0 Å². The molecule has 1 atom stereocenters. The van der Waals surface area contributed by atoms with Crippen LogP contribution in [0.4, 0.5) is 5.69 Å². The van der Waals surface area contributed by atoms with Crippen LogP contribution in [0, 0.1) is 17.2 Å². The van der Waals surface area contributed by atoms with Crippen molar-refractivity contribution in [3.8, 4) is 6.07 Å². The zero-order valence-corrected chi connectivity index (χ0v) is 14.0. The Morgan fingerprint density at radius 2 is 2.09 bits per heavy atom. The molecule has 0 bridgehead atoms. The number of allylic oxidation sites excluding steroid dienone is 1. The molecule has 23 heavy (non-hydrogen) atoms. The lowest BCUT2D eigenvalue weighted by Gasteiger charge is -2.34. The van der Waals surface area contributed by atoms with E-state index < -0.39 is 0 Å². The van der Waals surface area contributed by atoms with E-state index in [0.29, 0.717) is 11.6 Å². The summed E-state index contributed by atoms with van der Waals surface area (Å²) in [5.41, 5.74) is 2.60. The Labute approximate surface area is 138 Å². The largest absolute Gasteiger partial charge is 0.381 e. The highest BCUT2D eigenvalue weighted by Gasteiger charge is 2.26. The molecule has 0 spiro atoms. The van der Waals surface area contributed by atoms with Gasteiger partial charge in [0.05, 0.1) is 11.3 Å². The highest BCUT2D eigenvalue weighted by atomic mass is 16.2. The van der Waals surface area contributed by atoms with E-state index in [9.17, 15) is 4.79 Å². The molecule has 0 radical (unpaired) electrons. The van der Waals surface area contributed by atoms with Crippen LogP contribution < -0.4 is 5.32 Å². The molecule has 4 nitrogen and oxygen atoms in total. The Morgan fingerprint density at radius 3 is 2.70 bits per heavy atom. The molecule has 1 unspecified atom stereocenters. The lowest BCUT2D eigenvalue weighted by molar-refractivity contribution is -0.135. The van der Waals surface area contributed by atoms with E-state index in [-0.39, 0.29) is 11.8 Å². The number of hydrogen-bond acceptors (Lipinski definition) is 3. The summed E-state index contributed by atoms with van der Waals surface area (Å²) < 4.78 is 0. The van der Waals surface area contributed by atoms with Crippen LogP contribution in [0.3, 0.4) is 0 Å². The molecule has 0 aromatic heterocycles. The van der Waals surface area contributed by atoms with Crippen molar-refractivity contribution in [3.63, 3.8) is 0 Å². The summed E-state index contributed by atoms with van der Waals surface area (Å²) in [4.78, 5) is 14.4. The highest BCUT2D eigenvalue weighted by molar-refractivity contribution is 5.78. The fourth-order valence-corrected chi connectivity index (χ4v) is 3.09. The van der Waals surface area contributed by atoms with Crippen LogP contribution in [0.15, 0.2) is 36.4 Å². The van der Waals surface area contributed by atoms with E-state index in [1.165, 1.54) is 0 Å². The third-order valence-corrected chi connectivity index (χ3v) is 4.29. The topological polar surface area (TPSA) is 56.1 Å². The maximum atomic E-state index is 12.4. The first-order valence-electron chi connectivity index (χ1n) is 8.20. The number of nitrogens with one attached hydrogen (secondary N) is 1. The number of para-hydroxylation sites is 1. The molecule has 1 aliphatic rings. The fraction of sp³-hybridized carbons (Fsp3) is 0.474. The van der Waals surface area contributed by atoms with Crippen LogP contribution in [0.25, 0.3) is 0 Å². The Morgan fingerprint density at radius 1 is 1.43 bits per heavy atom. The monoisotopic (exact) mass is 311 g/mol. The summed E-state index contributed by atoms with van der Waals surface area (Å²) in [7, 11) is 0. The van der Waals surface area contributed by atoms with Gasteiger partial charge in [-0.1, -0.05) is 24.6 Å². The number of carbonyl (C=O) groups is 1. The number of benzene rings is 1. The van der Waals surface area contributed by atoms with Crippen LogP contribution in [-0.2, 0) is 4.79 Å². The molecule has 1 amide bonds. The molecule has 1 N–H and O–H groups in total. The van der Waals surface area contributed by atoms with Crippen molar-refractivity contribution < 1.29 is 4.79 Å².